The van der Waals surface area contributed by atoms with Crippen LogP contribution in [0.2, 0.25) is 0 Å². The highest BCUT2D eigenvalue weighted by Crippen LogP contribution is 2.19. The van der Waals surface area contributed by atoms with E-state index in [0.717, 1.165) is 12.1 Å². The number of hydrogen-bond acceptors (Lipinski definition) is 2. The molecule has 1 N–H and O–H groups in total. The Balaban J connectivity index is 2.61. The van der Waals surface area contributed by atoms with Crippen LogP contribution < -0.4 is 10.1 Å². The maximum absolute atomic E-state index is 13.1. The van der Waals surface area contributed by atoms with Gasteiger partial charge in [0.1, 0.15) is 18.2 Å². The Morgan fingerprint density at radius 1 is 1.35 bits per heavy atom. The summed E-state index contributed by atoms with van der Waals surface area (Å²) in [7, 11) is 0. The fourth-order valence-electron chi connectivity index (χ4n) is 1.66. The van der Waals surface area contributed by atoms with Crippen molar-refractivity contribution in [1.29, 1.82) is 0 Å². The molecule has 0 heterocycles. The van der Waals surface area contributed by atoms with E-state index in [0.29, 0.717) is 24.3 Å². The lowest BCUT2D eigenvalue weighted by Crippen LogP contribution is -2.38. The number of nitrogens with one attached hydrogen (secondary N) is 1. The minimum atomic E-state index is -0.254. The van der Waals surface area contributed by atoms with E-state index >= 15 is 0 Å². The molecule has 1 rings (SSSR count). The van der Waals surface area contributed by atoms with Gasteiger partial charge in [0.25, 0.3) is 0 Å². The average molecular weight is 239 g/mol. The molecule has 2 nitrogen and oxygen atoms in total. The molecule has 0 amide bonds. The fourth-order valence-corrected chi connectivity index (χ4v) is 1.66. The molecule has 96 valence electrons. The molecule has 0 aliphatic carbocycles. The summed E-state index contributed by atoms with van der Waals surface area (Å²) in [4.78, 5) is 0. The maximum Gasteiger partial charge on any atom is 0.126 e. The topological polar surface area (TPSA) is 21.3 Å². The lowest BCUT2D eigenvalue weighted by Gasteiger charge is -2.22. The second-order valence-electron chi connectivity index (χ2n) is 4.63. The van der Waals surface area contributed by atoms with Crippen LogP contribution in [0, 0.1) is 18.7 Å². The first-order valence-electron chi connectivity index (χ1n) is 6.17. The third-order valence-corrected chi connectivity index (χ3v) is 2.84. The molecule has 1 aromatic carbocycles. The van der Waals surface area contributed by atoms with Crippen molar-refractivity contribution >= 4 is 0 Å². The number of rotatable bonds is 6. The smallest absolute Gasteiger partial charge is 0.126 e. The van der Waals surface area contributed by atoms with Gasteiger partial charge in [-0.2, -0.15) is 0 Å². The molecule has 0 aliphatic heterocycles. The highest BCUT2D eigenvalue weighted by Gasteiger charge is 2.13. The van der Waals surface area contributed by atoms with E-state index in [1.54, 1.807) is 6.07 Å². The van der Waals surface area contributed by atoms with Gasteiger partial charge in [0.15, 0.2) is 0 Å². The third kappa shape index (κ3) is 4.35. The van der Waals surface area contributed by atoms with Crippen LogP contribution in [0.5, 0.6) is 5.75 Å². The van der Waals surface area contributed by atoms with Crippen molar-refractivity contribution in [2.24, 2.45) is 5.92 Å². The van der Waals surface area contributed by atoms with Gasteiger partial charge >= 0.3 is 0 Å². The van der Waals surface area contributed by atoms with Crippen LogP contribution in [-0.4, -0.2) is 19.2 Å². The molecule has 17 heavy (non-hydrogen) atoms. The minimum Gasteiger partial charge on any atom is -0.492 e. The molecule has 1 unspecified atom stereocenters. The Kier molecular flexibility index (Phi) is 5.42. The number of benzene rings is 1. The summed E-state index contributed by atoms with van der Waals surface area (Å²) in [5.41, 5.74) is 0.963. The lowest BCUT2D eigenvalue weighted by molar-refractivity contribution is 0.230. The molecule has 1 aromatic rings. The molecule has 1 atom stereocenters. The van der Waals surface area contributed by atoms with E-state index in [1.807, 2.05) is 6.92 Å². The van der Waals surface area contributed by atoms with Crippen LogP contribution in [0.25, 0.3) is 0 Å². The van der Waals surface area contributed by atoms with Crippen LogP contribution in [0.1, 0.15) is 26.3 Å². The molecule has 0 bridgehead atoms. The average Bonchev–Trinajstić information content (AvgIpc) is 2.28. The van der Waals surface area contributed by atoms with E-state index in [4.69, 9.17) is 4.74 Å². The second-order valence-corrected chi connectivity index (χ2v) is 4.63. The molecule has 0 spiro atoms. The van der Waals surface area contributed by atoms with Crippen LogP contribution >= 0.6 is 0 Å². The van der Waals surface area contributed by atoms with Crippen molar-refractivity contribution in [1.82, 2.24) is 5.32 Å². The fraction of sp³-hybridized carbons (Fsp3) is 0.571. The van der Waals surface area contributed by atoms with E-state index in [-0.39, 0.29) is 5.82 Å². The van der Waals surface area contributed by atoms with Crippen molar-refractivity contribution in [2.45, 2.75) is 33.7 Å². The van der Waals surface area contributed by atoms with Crippen molar-refractivity contribution < 1.29 is 9.13 Å². The van der Waals surface area contributed by atoms with Gasteiger partial charge < -0.3 is 10.1 Å². The number of ether oxygens (including phenoxy) is 1. The second kappa shape index (κ2) is 6.60. The highest BCUT2D eigenvalue weighted by molar-refractivity contribution is 5.32. The van der Waals surface area contributed by atoms with Gasteiger partial charge in [0.2, 0.25) is 0 Å². The van der Waals surface area contributed by atoms with Crippen LogP contribution in [0.3, 0.4) is 0 Å². The zero-order chi connectivity index (χ0) is 12.8. The van der Waals surface area contributed by atoms with Crippen LogP contribution in [-0.2, 0) is 0 Å². The van der Waals surface area contributed by atoms with Gasteiger partial charge in [-0.15, -0.1) is 0 Å². The Morgan fingerprint density at radius 2 is 2.06 bits per heavy atom. The SMILES string of the molecule is CCNC(COc1cc(F)ccc1C)C(C)C. The first-order valence-corrected chi connectivity index (χ1v) is 6.17. The predicted molar refractivity (Wildman–Crippen MR) is 68.9 cm³/mol. The standard InChI is InChI=1S/C14H22FNO/c1-5-16-13(10(2)3)9-17-14-8-12(15)7-6-11(14)4/h6-8,10,13,16H,5,9H2,1-4H3. The van der Waals surface area contributed by atoms with Gasteiger partial charge in [0, 0.05) is 12.1 Å². The highest BCUT2D eigenvalue weighted by atomic mass is 19.1. The van der Waals surface area contributed by atoms with Crippen LogP contribution in [0.4, 0.5) is 4.39 Å². The van der Waals surface area contributed by atoms with E-state index < -0.39 is 0 Å². The van der Waals surface area contributed by atoms with Gasteiger partial charge in [-0.3, -0.25) is 0 Å². The summed E-state index contributed by atoms with van der Waals surface area (Å²) in [6.45, 7) is 9.77. The molecule has 0 aliphatic rings. The Morgan fingerprint density at radius 3 is 2.65 bits per heavy atom. The third-order valence-electron chi connectivity index (χ3n) is 2.84. The first kappa shape index (κ1) is 14.0. The Labute approximate surface area is 103 Å². The van der Waals surface area contributed by atoms with Crippen LogP contribution in [0.15, 0.2) is 18.2 Å². The van der Waals surface area contributed by atoms with Gasteiger partial charge in [-0.1, -0.05) is 26.8 Å². The van der Waals surface area contributed by atoms with Crippen molar-refractivity contribution in [3.8, 4) is 5.75 Å². The summed E-state index contributed by atoms with van der Waals surface area (Å²) in [6, 6.07) is 4.93. The number of aryl methyl sites for hydroxylation is 1. The first-order chi connectivity index (χ1) is 8.04. The van der Waals surface area contributed by atoms with Crippen molar-refractivity contribution in [2.75, 3.05) is 13.2 Å². The monoisotopic (exact) mass is 239 g/mol. The Bertz CT molecular complexity index is 352. The molecule has 0 saturated carbocycles. The van der Waals surface area contributed by atoms with Gasteiger partial charge in [0.05, 0.1) is 0 Å². The quantitative estimate of drug-likeness (QED) is 0.823. The molecule has 0 aromatic heterocycles. The number of halogens is 1. The maximum atomic E-state index is 13.1. The minimum absolute atomic E-state index is 0.254. The summed E-state index contributed by atoms with van der Waals surface area (Å²) in [5, 5.41) is 3.37. The molecule has 0 radical (unpaired) electrons. The zero-order valence-corrected chi connectivity index (χ0v) is 11.1. The summed E-state index contributed by atoms with van der Waals surface area (Å²) >= 11 is 0. The lowest BCUT2D eigenvalue weighted by atomic mass is 10.1. The zero-order valence-electron chi connectivity index (χ0n) is 11.1. The summed E-state index contributed by atoms with van der Waals surface area (Å²) in [5.74, 6) is 0.868. The predicted octanol–water partition coefficient (Wildman–Crippen LogP) is 3.15. The van der Waals surface area contributed by atoms with E-state index in [2.05, 4.69) is 26.1 Å². The van der Waals surface area contributed by atoms with Crippen molar-refractivity contribution in [3.05, 3.63) is 29.6 Å². The molecular formula is C14H22FNO. The van der Waals surface area contributed by atoms with Crippen molar-refractivity contribution in [3.63, 3.8) is 0 Å². The van der Waals surface area contributed by atoms with Gasteiger partial charge in [-0.05, 0) is 31.0 Å². The Hall–Kier alpha value is -1.09. The summed E-state index contributed by atoms with van der Waals surface area (Å²) in [6.07, 6.45) is 0. The van der Waals surface area contributed by atoms with E-state index in [9.17, 15) is 4.39 Å². The number of hydrogen-bond donors (Lipinski definition) is 1. The molecular weight excluding hydrogens is 217 g/mol. The molecule has 3 heteroatoms. The van der Waals surface area contributed by atoms with Gasteiger partial charge in [-0.25, -0.2) is 4.39 Å². The molecule has 0 saturated heterocycles. The van der Waals surface area contributed by atoms with E-state index in [1.165, 1.54) is 12.1 Å². The normalized spacial score (nSPS) is 12.8. The molecule has 0 fully saturated rings. The summed E-state index contributed by atoms with van der Waals surface area (Å²) < 4.78 is 18.8. The number of likely N-dealkylation sites (N-methyl/N-ethyl adjacent to an activating group) is 1. The largest absolute Gasteiger partial charge is 0.492 e.